The number of fused-ring (bicyclic) bond motifs is 5. The fourth-order valence-electron chi connectivity index (χ4n) is 8.88. The van der Waals surface area contributed by atoms with E-state index in [1.54, 1.807) is 50.2 Å². The number of carboxylic acid groups (broad SMARTS) is 1. The van der Waals surface area contributed by atoms with E-state index >= 15 is 4.39 Å². The summed E-state index contributed by atoms with van der Waals surface area (Å²) in [5.41, 5.74) is 1.81. The summed E-state index contributed by atoms with van der Waals surface area (Å²) in [4.78, 5) is 120. The molecule has 0 fully saturated rings. The molecule has 4 aromatic rings. The number of carbonyl (C=O) groups excluding carboxylic acids is 7. The summed E-state index contributed by atoms with van der Waals surface area (Å²) >= 11 is 0. The molecule has 70 heavy (non-hydrogen) atoms. The van der Waals surface area contributed by atoms with Crippen molar-refractivity contribution in [1.29, 1.82) is 0 Å². The Labute approximate surface area is 398 Å². The number of pyridine rings is 2. The molecule has 0 unspecified atom stereocenters. The second-order valence-electron chi connectivity index (χ2n) is 17.2. The molecule has 2 aromatic carbocycles. The molecular weight excluding hydrogens is 918 g/mol. The Morgan fingerprint density at radius 3 is 2.36 bits per heavy atom. The molecule has 1 aliphatic carbocycles. The van der Waals surface area contributed by atoms with Crippen LogP contribution in [0.4, 0.5) is 4.39 Å². The number of carbonyl (C=O) groups is 8. The van der Waals surface area contributed by atoms with Gasteiger partial charge in [-0.2, -0.15) is 0 Å². The number of amides is 6. The number of hydrogen-bond acceptors (Lipinski definition) is 14. The molecule has 6 amide bonds. The lowest BCUT2D eigenvalue weighted by atomic mass is 9.81. The third-order valence-electron chi connectivity index (χ3n) is 12.4. The predicted molar refractivity (Wildman–Crippen MR) is 244 cm³/mol. The van der Waals surface area contributed by atoms with Crippen LogP contribution in [0, 0.1) is 12.7 Å². The van der Waals surface area contributed by atoms with Gasteiger partial charge in [-0.15, -0.1) is 0 Å². The van der Waals surface area contributed by atoms with Crippen molar-refractivity contribution in [1.82, 2.24) is 46.4 Å². The molecule has 0 saturated carbocycles. The number of nitrogens with zero attached hydrogens (tertiary/aromatic N) is 3. The third kappa shape index (κ3) is 11.0. The first kappa shape index (κ1) is 50.3. The van der Waals surface area contributed by atoms with Crippen LogP contribution in [0.2, 0.25) is 0 Å². The van der Waals surface area contributed by atoms with Gasteiger partial charge in [0.25, 0.3) is 5.56 Å². The van der Waals surface area contributed by atoms with Crippen LogP contribution in [0.5, 0.6) is 0 Å². The van der Waals surface area contributed by atoms with Crippen LogP contribution in [0.25, 0.3) is 22.3 Å². The minimum Gasteiger partial charge on any atom is -0.480 e. The highest BCUT2D eigenvalue weighted by molar-refractivity contribution is 5.95. The van der Waals surface area contributed by atoms with Gasteiger partial charge in [0, 0.05) is 29.0 Å². The zero-order chi connectivity index (χ0) is 50.4. The zero-order valence-corrected chi connectivity index (χ0v) is 38.5. The fourth-order valence-corrected chi connectivity index (χ4v) is 8.88. The molecule has 0 spiro atoms. The zero-order valence-electron chi connectivity index (χ0n) is 38.5. The van der Waals surface area contributed by atoms with E-state index in [9.17, 15) is 48.3 Å². The van der Waals surface area contributed by atoms with Gasteiger partial charge in [0.2, 0.25) is 35.4 Å². The number of hydrogen-bond donors (Lipinski definition) is 8. The third-order valence-corrected chi connectivity index (χ3v) is 12.4. The van der Waals surface area contributed by atoms with Crippen molar-refractivity contribution in [3.05, 3.63) is 97.6 Å². The van der Waals surface area contributed by atoms with Gasteiger partial charge >= 0.3 is 11.9 Å². The molecule has 2 aliphatic heterocycles. The number of aliphatic hydroxyl groups is 1. The minimum absolute atomic E-state index is 0.0250. The number of cyclic esters (lactones) is 1. The summed E-state index contributed by atoms with van der Waals surface area (Å²) in [5.74, 6) is -6.51. The average molecular weight is 970 g/mol. The highest BCUT2D eigenvalue weighted by Crippen LogP contribution is 2.46. The smallest absolute Gasteiger partial charge is 0.343 e. The van der Waals surface area contributed by atoms with E-state index in [4.69, 9.17) is 19.6 Å². The highest BCUT2D eigenvalue weighted by Gasteiger charge is 2.46. The second-order valence-corrected chi connectivity index (χ2v) is 17.2. The Hall–Kier alpha value is -7.63. The summed E-state index contributed by atoms with van der Waals surface area (Å²) in [6, 6.07) is 9.75. The van der Waals surface area contributed by atoms with E-state index in [-0.39, 0.29) is 50.2 Å². The van der Waals surface area contributed by atoms with Gasteiger partial charge in [0.05, 0.1) is 67.8 Å². The van der Waals surface area contributed by atoms with Gasteiger partial charge in [-0.3, -0.25) is 43.3 Å². The van der Waals surface area contributed by atoms with Crippen molar-refractivity contribution in [2.24, 2.45) is 0 Å². The molecule has 3 atom stereocenters. The van der Waals surface area contributed by atoms with Crippen molar-refractivity contribution in [3.8, 4) is 11.4 Å². The SMILES string of the molecule is CC[C@@]1(O)C(=O)OCc2c1cc1n(c2=O)Cc2c-1nc1cc(F)c(C)c3c1c2[C@@H](NC(=O)COCNC(=O)CNC(=O)[C@H](Cc1ccccc1)NC(=O)CNC(=O)CNC(=O)CN(C)CC(=O)O)CC3. The Morgan fingerprint density at radius 1 is 0.929 bits per heavy atom. The van der Waals surface area contributed by atoms with Gasteiger partial charge in [-0.25, -0.2) is 14.2 Å². The normalized spacial score (nSPS) is 16.8. The Morgan fingerprint density at radius 2 is 1.63 bits per heavy atom. The number of likely N-dealkylation sites (N-methyl/N-ethyl adjacent to an activating group) is 1. The molecule has 0 saturated heterocycles. The summed E-state index contributed by atoms with van der Waals surface area (Å²) in [5, 5.41) is 35.9. The van der Waals surface area contributed by atoms with E-state index < -0.39 is 109 Å². The molecule has 0 bridgehead atoms. The van der Waals surface area contributed by atoms with Crippen LogP contribution in [0.1, 0.15) is 64.8 Å². The number of halogens is 1. The van der Waals surface area contributed by atoms with E-state index in [0.717, 1.165) is 5.56 Å². The Balaban J connectivity index is 0.931. The molecule has 7 rings (SSSR count). The summed E-state index contributed by atoms with van der Waals surface area (Å²) < 4.78 is 27.5. The largest absolute Gasteiger partial charge is 0.480 e. The number of aliphatic carboxylic acids is 1. The predicted octanol–water partition coefficient (Wildman–Crippen LogP) is -1.19. The molecule has 370 valence electrons. The fraction of sp³-hybridized carbons (Fsp3) is 0.404. The summed E-state index contributed by atoms with van der Waals surface area (Å²) in [6.45, 7) is -0.165. The van der Waals surface area contributed by atoms with Gasteiger partial charge in [-0.1, -0.05) is 37.3 Å². The first-order valence-electron chi connectivity index (χ1n) is 22.4. The molecule has 22 nitrogen and oxygen atoms in total. The molecule has 3 aliphatic rings. The Bertz CT molecular complexity index is 2860. The number of esters is 1. The molecule has 0 radical (unpaired) electrons. The lowest BCUT2D eigenvalue weighted by molar-refractivity contribution is -0.172. The van der Waals surface area contributed by atoms with Crippen molar-refractivity contribution in [3.63, 3.8) is 0 Å². The van der Waals surface area contributed by atoms with Gasteiger partial charge < -0.3 is 56.2 Å². The van der Waals surface area contributed by atoms with Crippen molar-refractivity contribution < 1.29 is 62.4 Å². The average Bonchev–Trinajstić information content (AvgIpc) is 3.69. The number of rotatable bonds is 20. The lowest BCUT2D eigenvalue weighted by Gasteiger charge is -2.31. The molecule has 2 aromatic heterocycles. The first-order valence-corrected chi connectivity index (χ1v) is 22.4. The maximum atomic E-state index is 15.3. The van der Waals surface area contributed by atoms with Gasteiger partial charge in [-0.05, 0) is 61.6 Å². The molecular formula is C47H52FN9O13. The number of ether oxygens (including phenoxy) is 2. The maximum Gasteiger partial charge on any atom is 0.343 e. The lowest BCUT2D eigenvalue weighted by Crippen LogP contribution is -2.52. The quantitative estimate of drug-likeness (QED) is 0.0259. The topological polar surface area (TPSA) is 306 Å². The highest BCUT2D eigenvalue weighted by atomic mass is 19.1. The number of aromatic nitrogens is 2. The van der Waals surface area contributed by atoms with E-state index in [2.05, 4.69) is 31.9 Å². The standard InChI is InChI=1S/C47H52FN9O13/c1-4-47(68)29-13-34-43-27(18-57(34)45(66)28(29)21-70-46(47)67)42-31(11-10-26-24(2)30(48)14-32(55-43)41(26)42)53-39(62)22-69-23-52-36(59)16-51-44(65)33(12-25-8-6-5-7-9-25)54-37(60)17-49-35(58)15-50-38(61)19-56(3)20-40(63)64/h5-9,13-14,31,33,68H,4,10-12,15-23H2,1-3H3,(H,49,58)(H,50,61)(H,51,65)(H,52,59)(H,53,62)(H,54,60)(H,63,64)/t31-,33-,47-/m0/s1. The van der Waals surface area contributed by atoms with Crippen LogP contribution in [0.3, 0.4) is 0 Å². The Kier molecular flexibility index (Phi) is 15.3. The number of aryl methyl sites for hydroxylation is 1. The summed E-state index contributed by atoms with van der Waals surface area (Å²) in [7, 11) is 1.41. The first-order chi connectivity index (χ1) is 33.4. The molecule has 4 heterocycles. The van der Waals surface area contributed by atoms with Crippen LogP contribution in [-0.2, 0) is 79.4 Å². The van der Waals surface area contributed by atoms with Crippen LogP contribution >= 0.6 is 0 Å². The number of carboxylic acids is 1. The van der Waals surface area contributed by atoms with Gasteiger partial charge in [0.1, 0.15) is 31.8 Å². The number of nitrogens with one attached hydrogen (secondary N) is 6. The van der Waals surface area contributed by atoms with Crippen molar-refractivity contribution in [2.75, 3.05) is 53.1 Å². The minimum atomic E-state index is -2.05. The van der Waals surface area contributed by atoms with Crippen LogP contribution in [-0.4, -0.2) is 131 Å². The van der Waals surface area contributed by atoms with E-state index in [1.807, 2.05) is 0 Å². The van der Waals surface area contributed by atoms with Crippen LogP contribution < -0.4 is 37.5 Å². The monoisotopic (exact) mass is 969 g/mol. The maximum absolute atomic E-state index is 15.3. The van der Waals surface area contributed by atoms with Crippen LogP contribution in [0.15, 0.2) is 47.3 Å². The molecule has 8 N–H and O–H groups in total. The molecule has 23 heteroatoms. The van der Waals surface area contributed by atoms with E-state index in [0.29, 0.717) is 57.4 Å². The number of benzene rings is 2. The second kappa shape index (κ2) is 21.3. The van der Waals surface area contributed by atoms with Crippen molar-refractivity contribution >= 4 is 58.3 Å². The van der Waals surface area contributed by atoms with Crippen molar-refractivity contribution in [2.45, 2.75) is 70.4 Å². The van der Waals surface area contributed by atoms with E-state index in [1.165, 1.54) is 22.6 Å². The van der Waals surface area contributed by atoms with Gasteiger partial charge in [0.15, 0.2) is 5.60 Å². The summed E-state index contributed by atoms with van der Waals surface area (Å²) in [6.07, 6.45) is 0.737.